The second kappa shape index (κ2) is 9.13. The zero-order valence-corrected chi connectivity index (χ0v) is 17.0. The van der Waals surface area contributed by atoms with Crippen LogP contribution in [-0.2, 0) is 11.2 Å². The number of nitrogens with one attached hydrogen (secondary N) is 1. The van der Waals surface area contributed by atoms with Crippen LogP contribution in [0.25, 0.3) is 0 Å². The summed E-state index contributed by atoms with van der Waals surface area (Å²) in [5.41, 5.74) is 1.90. The monoisotopic (exact) mass is 424 g/mol. The fourth-order valence-corrected chi connectivity index (χ4v) is 3.82. The van der Waals surface area contributed by atoms with Crippen molar-refractivity contribution in [3.8, 4) is 0 Å². The van der Waals surface area contributed by atoms with Crippen molar-refractivity contribution in [2.45, 2.75) is 31.3 Å². The summed E-state index contributed by atoms with van der Waals surface area (Å²) >= 11 is 1.09. The fraction of sp³-hybridized carbons (Fsp3) is 0.273. The summed E-state index contributed by atoms with van der Waals surface area (Å²) in [6.45, 7) is 0.436. The third kappa shape index (κ3) is 4.71. The van der Waals surface area contributed by atoms with Crippen molar-refractivity contribution in [2.24, 2.45) is 0 Å². The highest BCUT2D eigenvalue weighted by Crippen LogP contribution is 2.36. The van der Waals surface area contributed by atoms with Gasteiger partial charge in [0.1, 0.15) is 11.9 Å². The first-order valence-electron chi connectivity index (χ1n) is 9.80. The summed E-state index contributed by atoms with van der Waals surface area (Å²) in [4.78, 5) is 28.0. The number of benzene rings is 2. The molecule has 0 radical (unpaired) electrons. The molecule has 30 heavy (non-hydrogen) atoms. The van der Waals surface area contributed by atoms with Crippen LogP contribution in [-0.4, -0.2) is 38.9 Å². The highest BCUT2D eigenvalue weighted by Gasteiger charge is 2.42. The van der Waals surface area contributed by atoms with Crippen LogP contribution in [0.2, 0.25) is 0 Å². The van der Waals surface area contributed by atoms with Crippen molar-refractivity contribution < 1.29 is 14.0 Å². The van der Waals surface area contributed by atoms with Crippen LogP contribution >= 0.6 is 11.5 Å². The number of nitrogens with zero attached hydrogens (tertiary/aromatic N) is 3. The molecular formula is C22H21FN4O2S. The molecule has 1 saturated carbocycles. The predicted molar refractivity (Wildman–Crippen MR) is 111 cm³/mol. The second-order valence-corrected chi connectivity index (χ2v) is 7.82. The van der Waals surface area contributed by atoms with Crippen LogP contribution in [0.4, 0.5) is 4.39 Å². The standard InChI is InChI=1S/C22H21FN4O2S/c23-17-8-6-16(7-9-17)20(21(28)24-13-12-15-4-2-1-3-5-15)27(18-10-11-18)22(29)19-14-30-26-25-19/h1-9,14,18,20H,10-13H2,(H,24,28)/t20-/m1/s1. The molecule has 3 aromatic rings. The van der Waals surface area contributed by atoms with E-state index >= 15 is 0 Å². The van der Waals surface area contributed by atoms with E-state index in [9.17, 15) is 14.0 Å². The zero-order chi connectivity index (χ0) is 20.9. The number of hydrogen-bond donors (Lipinski definition) is 1. The molecule has 0 spiro atoms. The maximum absolute atomic E-state index is 13.5. The molecule has 0 saturated heterocycles. The van der Waals surface area contributed by atoms with Gasteiger partial charge in [-0.1, -0.05) is 47.0 Å². The summed E-state index contributed by atoms with van der Waals surface area (Å²) in [5, 5.41) is 8.41. The first kappa shape index (κ1) is 20.2. The van der Waals surface area contributed by atoms with Gasteiger partial charge in [0.25, 0.3) is 5.91 Å². The van der Waals surface area contributed by atoms with E-state index in [1.807, 2.05) is 30.3 Å². The molecule has 1 heterocycles. The average Bonchev–Trinajstić information content (AvgIpc) is 3.44. The van der Waals surface area contributed by atoms with E-state index in [1.165, 1.54) is 12.1 Å². The molecule has 1 atom stereocenters. The molecule has 1 fully saturated rings. The number of aromatic nitrogens is 2. The number of carbonyl (C=O) groups excluding carboxylic acids is 2. The minimum atomic E-state index is -0.858. The number of hydrogen-bond acceptors (Lipinski definition) is 5. The van der Waals surface area contributed by atoms with Gasteiger partial charge >= 0.3 is 0 Å². The van der Waals surface area contributed by atoms with Crippen LogP contribution < -0.4 is 5.32 Å². The van der Waals surface area contributed by atoms with E-state index < -0.39 is 11.9 Å². The van der Waals surface area contributed by atoms with Crippen molar-refractivity contribution in [1.82, 2.24) is 19.8 Å². The Hall–Kier alpha value is -3.13. The quantitative estimate of drug-likeness (QED) is 0.602. The predicted octanol–water partition coefficient (Wildman–Crippen LogP) is 3.38. The van der Waals surface area contributed by atoms with Crippen LogP contribution in [0.3, 0.4) is 0 Å². The fourth-order valence-electron chi connectivity index (χ4n) is 3.39. The normalized spacial score (nSPS) is 14.2. The van der Waals surface area contributed by atoms with Crippen molar-refractivity contribution >= 4 is 23.3 Å². The maximum atomic E-state index is 13.5. The van der Waals surface area contributed by atoms with Gasteiger partial charge in [0.05, 0.1) is 0 Å². The lowest BCUT2D eigenvalue weighted by atomic mass is 10.0. The van der Waals surface area contributed by atoms with Gasteiger partial charge in [-0.3, -0.25) is 9.59 Å². The van der Waals surface area contributed by atoms with E-state index in [-0.39, 0.29) is 23.6 Å². The minimum Gasteiger partial charge on any atom is -0.354 e. The van der Waals surface area contributed by atoms with Crippen LogP contribution in [0, 0.1) is 5.82 Å². The molecule has 0 aliphatic heterocycles. The first-order valence-corrected chi connectivity index (χ1v) is 10.6. The van der Waals surface area contributed by atoms with Gasteiger partial charge in [-0.2, -0.15) is 0 Å². The summed E-state index contributed by atoms with van der Waals surface area (Å²) < 4.78 is 17.3. The first-order chi connectivity index (χ1) is 14.6. The van der Waals surface area contributed by atoms with E-state index in [0.29, 0.717) is 18.5 Å². The molecule has 1 aromatic heterocycles. The molecule has 154 valence electrons. The van der Waals surface area contributed by atoms with E-state index in [4.69, 9.17) is 0 Å². The molecular weight excluding hydrogens is 403 g/mol. The zero-order valence-electron chi connectivity index (χ0n) is 16.2. The van der Waals surface area contributed by atoms with Crippen molar-refractivity contribution in [2.75, 3.05) is 6.54 Å². The largest absolute Gasteiger partial charge is 0.354 e. The van der Waals surface area contributed by atoms with Crippen molar-refractivity contribution in [3.63, 3.8) is 0 Å². The number of carbonyl (C=O) groups is 2. The Morgan fingerprint density at radius 1 is 1.13 bits per heavy atom. The molecule has 2 aromatic carbocycles. The van der Waals surface area contributed by atoms with Crippen molar-refractivity contribution in [1.29, 1.82) is 0 Å². The van der Waals surface area contributed by atoms with Crippen LogP contribution in [0.5, 0.6) is 0 Å². The SMILES string of the molecule is O=C(NCCc1ccccc1)[C@@H](c1ccc(F)cc1)N(C(=O)c1csnn1)C1CC1. The summed E-state index contributed by atoms with van der Waals surface area (Å²) in [6, 6.07) is 14.7. The smallest absolute Gasteiger partial charge is 0.276 e. The molecule has 8 heteroatoms. The topological polar surface area (TPSA) is 75.2 Å². The summed E-state index contributed by atoms with van der Waals surface area (Å²) in [5.74, 6) is -1.02. The van der Waals surface area contributed by atoms with E-state index in [0.717, 1.165) is 29.9 Å². The molecule has 1 aliphatic rings. The van der Waals surface area contributed by atoms with Gasteiger partial charge in [0.15, 0.2) is 5.69 Å². The average molecular weight is 425 g/mol. The minimum absolute atomic E-state index is 0.0471. The molecule has 1 aliphatic carbocycles. The second-order valence-electron chi connectivity index (χ2n) is 7.21. The molecule has 0 unspecified atom stereocenters. The Morgan fingerprint density at radius 2 is 1.87 bits per heavy atom. The molecule has 2 amide bonds. The Labute approximate surface area is 177 Å². The number of amides is 2. The van der Waals surface area contributed by atoms with Crippen molar-refractivity contribution in [3.05, 3.63) is 82.6 Å². The molecule has 6 nitrogen and oxygen atoms in total. The van der Waals surface area contributed by atoms with Gasteiger partial charge in [-0.05, 0) is 54.1 Å². The van der Waals surface area contributed by atoms with E-state index in [2.05, 4.69) is 14.9 Å². The number of rotatable bonds is 8. The van der Waals surface area contributed by atoms with E-state index in [1.54, 1.807) is 22.4 Å². The Bertz CT molecular complexity index is 992. The van der Waals surface area contributed by atoms with Crippen LogP contribution in [0.1, 0.15) is 40.5 Å². The highest BCUT2D eigenvalue weighted by molar-refractivity contribution is 7.03. The third-order valence-corrected chi connectivity index (χ3v) is 5.53. The Kier molecular flexibility index (Phi) is 6.13. The lowest BCUT2D eigenvalue weighted by molar-refractivity contribution is -0.126. The molecule has 1 N–H and O–H groups in total. The van der Waals surface area contributed by atoms with Gasteiger partial charge in [0, 0.05) is 18.0 Å². The van der Waals surface area contributed by atoms with Gasteiger partial charge in [-0.15, -0.1) is 5.10 Å². The van der Waals surface area contributed by atoms with Gasteiger partial charge in [-0.25, -0.2) is 4.39 Å². The summed E-state index contributed by atoms with van der Waals surface area (Å²) in [7, 11) is 0. The molecule has 0 bridgehead atoms. The lowest BCUT2D eigenvalue weighted by Crippen LogP contribution is -2.45. The van der Waals surface area contributed by atoms with Crippen LogP contribution in [0.15, 0.2) is 60.0 Å². The number of halogens is 1. The third-order valence-electron chi connectivity index (χ3n) is 5.02. The van der Waals surface area contributed by atoms with Gasteiger partial charge in [0.2, 0.25) is 5.91 Å². The Morgan fingerprint density at radius 3 is 2.50 bits per heavy atom. The Balaban J connectivity index is 1.57. The highest BCUT2D eigenvalue weighted by atomic mass is 32.1. The molecule has 4 rings (SSSR count). The maximum Gasteiger partial charge on any atom is 0.276 e. The lowest BCUT2D eigenvalue weighted by Gasteiger charge is -2.31. The van der Waals surface area contributed by atoms with Gasteiger partial charge < -0.3 is 10.2 Å². The summed E-state index contributed by atoms with van der Waals surface area (Å²) in [6.07, 6.45) is 2.31.